The van der Waals surface area contributed by atoms with Crippen LogP contribution in [0.3, 0.4) is 0 Å². The van der Waals surface area contributed by atoms with Crippen LogP contribution in [0.5, 0.6) is 11.5 Å². The fraction of sp³-hybridized carbons (Fsp3) is 0.537. The molecule has 3 aliphatic heterocycles. The number of fused-ring (bicyclic) bond motifs is 4. The minimum Gasteiger partial charge on any atom is -0.504 e. The van der Waals surface area contributed by atoms with E-state index in [0.717, 1.165) is 42.0 Å². The number of aliphatic hydroxyl groups excluding tert-OH is 2. The van der Waals surface area contributed by atoms with Crippen molar-refractivity contribution in [1.82, 2.24) is 0 Å². The number of rotatable bonds is 13. The van der Waals surface area contributed by atoms with Crippen LogP contribution in [0.15, 0.2) is 69.4 Å². The number of quaternary nitrogens is 1. The fourth-order valence-corrected chi connectivity index (χ4v) is 10.5. The van der Waals surface area contributed by atoms with E-state index in [0.29, 0.717) is 43.1 Å². The predicted molar refractivity (Wildman–Crippen MR) is 192 cm³/mol. The van der Waals surface area contributed by atoms with Crippen LogP contribution in [0.2, 0.25) is 0 Å². The number of allylic oxidation sites excluding steroid dienone is 1. The number of Topliss-reactive ketones (excluding diaryl/α,β-unsaturated/α-hetero) is 1. The molecule has 0 bridgehead atoms. The van der Waals surface area contributed by atoms with Crippen molar-refractivity contribution in [2.75, 3.05) is 13.3 Å². The molecule has 2 aromatic carbocycles. The minimum absolute atomic E-state index is 0.0361. The zero-order valence-electron chi connectivity index (χ0n) is 29.1. The molecule has 9 nitrogen and oxygen atoms in total. The van der Waals surface area contributed by atoms with Crippen molar-refractivity contribution in [3.63, 3.8) is 0 Å². The molecule has 0 saturated heterocycles. The SMILES string of the molecule is CCC[C@H](O)C[C@@H](O)CC(=O)CCc1ccc(O)c(OC[NH+]2C=C3N=CC([C@@]45CCC[C@H]4[C@@H]4CCCC6=N[C@H](N)c7cccc5c7[C@@H]64)=C3C2)c1. The van der Waals surface area contributed by atoms with E-state index in [-0.39, 0.29) is 42.4 Å². The standard InChI is InChI=1S/C41H50N4O5/c1-2-6-25(46)18-27(48)19-26(47)14-12-24-13-15-36(49)37(17-24)50-23-45-21-30-33(20-43-35(30)22-45)41-16-5-10-31(41)28-7-4-11-34-39(28)38-29(40(42)44-34)8-3-9-32(38)41/h3,8-9,13,15,17,20,22,25,27-28,31,39-40,46,48-49H,2,4-7,10-12,14,16,18-19,21,23,42H2,1H3/p+1/t25-,27+,28-,31-,39+,40-,41-/m0/s1. The highest BCUT2D eigenvalue weighted by Gasteiger charge is 2.59. The smallest absolute Gasteiger partial charge is 0.227 e. The van der Waals surface area contributed by atoms with E-state index in [1.165, 1.54) is 59.2 Å². The highest BCUT2D eigenvalue weighted by atomic mass is 16.5. The zero-order valence-corrected chi connectivity index (χ0v) is 29.1. The molecule has 3 heterocycles. The number of ketones is 1. The number of nitrogens with two attached hydrogens (primary N) is 1. The van der Waals surface area contributed by atoms with Gasteiger partial charge in [0.2, 0.25) is 6.73 Å². The lowest BCUT2D eigenvalue weighted by Gasteiger charge is -2.54. The summed E-state index contributed by atoms with van der Waals surface area (Å²) >= 11 is 0. The van der Waals surface area contributed by atoms with Gasteiger partial charge in [0.15, 0.2) is 11.5 Å². The maximum Gasteiger partial charge on any atom is 0.227 e. The molecule has 6 N–H and O–H groups in total. The number of carbonyl (C=O) groups is 1. The summed E-state index contributed by atoms with van der Waals surface area (Å²) in [4.78, 5) is 23.7. The van der Waals surface area contributed by atoms with Gasteiger partial charge in [0.25, 0.3) is 0 Å². The van der Waals surface area contributed by atoms with Crippen LogP contribution in [-0.4, -0.2) is 58.5 Å². The number of aromatic hydroxyl groups is 1. The van der Waals surface area contributed by atoms with Crippen molar-refractivity contribution in [2.45, 2.75) is 114 Å². The van der Waals surface area contributed by atoms with Crippen LogP contribution in [0, 0.1) is 11.8 Å². The second kappa shape index (κ2) is 13.5. The fourth-order valence-electron chi connectivity index (χ4n) is 10.5. The lowest BCUT2D eigenvalue weighted by atomic mass is 9.50. The number of hydrogen-bond acceptors (Lipinski definition) is 8. The van der Waals surface area contributed by atoms with Crippen LogP contribution in [-0.2, 0) is 16.6 Å². The number of benzene rings is 2. The number of phenolic OH excluding ortho intramolecular Hbond substituents is 1. The van der Waals surface area contributed by atoms with Crippen molar-refractivity contribution < 1.29 is 29.8 Å². The van der Waals surface area contributed by atoms with E-state index in [2.05, 4.69) is 30.6 Å². The second-order valence-corrected chi connectivity index (χ2v) is 15.6. The zero-order chi connectivity index (χ0) is 34.6. The van der Waals surface area contributed by atoms with E-state index in [1.54, 1.807) is 12.1 Å². The van der Waals surface area contributed by atoms with Crippen molar-refractivity contribution in [1.29, 1.82) is 0 Å². The Morgan fingerprint density at radius 2 is 2.04 bits per heavy atom. The third-order valence-corrected chi connectivity index (χ3v) is 12.5. The largest absolute Gasteiger partial charge is 0.504 e. The molecule has 8 atom stereocenters. The van der Waals surface area contributed by atoms with Gasteiger partial charge in [-0.25, -0.2) is 0 Å². The van der Waals surface area contributed by atoms with Crippen molar-refractivity contribution >= 4 is 17.7 Å². The van der Waals surface area contributed by atoms with Gasteiger partial charge < -0.3 is 25.8 Å². The van der Waals surface area contributed by atoms with Gasteiger partial charge in [0, 0.05) is 41.7 Å². The summed E-state index contributed by atoms with van der Waals surface area (Å²) < 4.78 is 6.22. The number of ether oxygens (including phenoxy) is 1. The summed E-state index contributed by atoms with van der Waals surface area (Å²) in [5.74, 6) is 1.97. The number of nitrogens with zero attached hydrogens (tertiary/aromatic N) is 2. The first-order valence-electron chi connectivity index (χ1n) is 18.9. The Hall–Kier alpha value is -3.63. The van der Waals surface area contributed by atoms with Crippen molar-refractivity contribution in [2.24, 2.45) is 27.6 Å². The van der Waals surface area contributed by atoms with E-state index >= 15 is 0 Å². The lowest BCUT2D eigenvalue weighted by molar-refractivity contribution is -0.855. The Kier molecular flexibility index (Phi) is 9.04. The minimum atomic E-state index is -0.833. The Balaban J connectivity index is 0.972. The van der Waals surface area contributed by atoms with Gasteiger partial charge in [-0.1, -0.05) is 44.0 Å². The molecule has 6 aliphatic rings. The summed E-state index contributed by atoms with van der Waals surface area (Å²) in [7, 11) is 0. The van der Waals surface area contributed by atoms with Gasteiger partial charge >= 0.3 is 0 Å². The van der Waals surface area contributed by atoms with Gasteiger partial charge in [-0.05, 0) is 103 Å². The molecule has 264 valence electrons. The average Bonchev–Trinajstić information content (AvgIpc) is 3.82. The van der Waals surface area contributed by atoms with E-state index < -0.39 is 12.2 Å². The number of carbonyl (C=O) groups excluding carboxylic acids is 1. The van der Waals surface area contributed by atoms with Gasteiger partial charge in [0.05, 0.1) is 12.2 Å². The first-order valence-corrected chi connectivity index (χ1v) is 18.9. The molecule has 0 aromatic heterocycles. The van der Waals surface area contributed by atoms with Crippen LogP contribution in [0.1, 0.15) is 112 Å². The average molecular weight is 680 g/mol. The lowest BCUT2D eigenvalue weighted by Crippen LogP contribution is -3.07. The quantitative estimate of drug-likeness (QED) is 0.208. The van der Waals surface area contributed by atoms with Gasteiger partial charge in [-0.2, -0.15) is 0 Å². The van der Waals surface area contributed by atoms with E-state index in [9.17, 15) is 20.1 Å². The highest BCUT2D eigenvalue weighted by molar-refractivity contribution is 5.96. The number of aliphatic imine (C=N–C) groups is 2. The molecule has 0 radical (unpaired) electrons. The highest BCUT2D eigenvalue weighted by Crippen LogP contribution is 2.65. The molecule has 2 saturated carbocycles. The summed E-state index contributed by atoms with van der Waals surface area (Å²) in [5.41, 5.74) is 16.7. The van der Waals surface area contributed by atoms with Crippen LogP contribution >= 0.6 is 0 Å². The summed E-state index contributed by atoms with van der Waals surface area (Å²) in [6.45, 7) is 3.10. The number of aliphatic hydroxyl groups is 2. The molecule has 2 aromatic rings. The molecule has 8 rings (SSSR count). The number of nitrogens with one attached hydrogen (secondary N) is 1. The molecular formula is C41H51N4O5+. The molecule has 50 heavy (non-hydrogen) atoms. The van der Waals surface area contributed by atoms with Crippen molar-refractivity contribution in [3.05, 3.63) is 81.7 Å². The Morgan fingerprint density at radius 3 is 2.90 bits per heavy atom. The van der Waals surface area contributed by atoms with Crippen molar-refractivity contribution in [3.8, 4) is 11.5 Å². The topological polar surface area (TPSA) is 142 Å². The van der Waals surface area contributed by atoms with E-state index in [1.807, 2.05) is 13.0 Å². The first-order chi connectivity index (χ1) is 24.3. The maximum atomic E-state index is 12.5. The molecule has 3 aliphatic carbocycles. The summed E-state index contributed by atoms with van der Waals surface area (Å²) in [6.07, 6.45) is 12.2. The number of phenols is 1. The molecule has 0 amide bonds. The van der Waals surface area contributed by atoms with Crippen LogP contribution in [0.4, 0.5) is 0 Å². The molecular weight excluding hydrogens is 628 g/mol. The normalized spacial score (nSPS) is 30.0. The van der Waals surface area contributed by atoms with Crippen LogP contribution < -0.4 is 15.4 Å². The molecule has 9 heteroatoms. The van der Waals surface area contributed by atoms with Gasteiger partial charge in [-0.3, -0.25) is 19.7 Å². The third kappa shape index (κ3) is 5.76. The Labute approximate surface area is 294 Å². The summed E-state index contributed by atoms with van der Waals surface area (Å²) in [6, 6.07) is 12.0. The second-order valence-electron chi connectivity index (χ2n) is 15.6. The Bertz CT molecular complexity index is 1800. The predicted octanol–water partition coefficient (Wildman–Crippen LogP) is 4.70. The Morgan fingerprint density at radius 1 is 1.16 bits per heavy atom. The maximum absolute atomic E-state index is 12.5. The van der Waals surface area contributed by atoms with Crippen LogP contribution in [0.25, 0.3) is 0 Å². The number of aryl methyl sites for hydroxylation is 1. The molecule has 0 spiro atoms. The summed E-state index contributed by atoms with van der Waals surface area (Å²) in [5, 5.41) is 30.8. The third-order valence-electron chi connectivity index (χ3n) is 12.5. The monoisotopic (exact) mass is 679 g/mol. The molecule has 2 fully saturated rings. The number of hydrogen-bond donors (Lipinski definition) is 5. The van der Waals surface area contributed by atoms with Gasteiger partial charge in [-0.15, -0.1) is 0 Å². The molecule has 1 unspecified atom stereocenters. The first kappa shape index (κ1) is 33.5. The van der Waals surface area contributed by atoms with E-state index in [4.69, 9.17) is 20.5 Å². The van der Waals surface area contributed by atoms with Gasteiger partial charge in [0.1, 0.15) is 30.4 Å².